The first-order valence-electron chi connectivity index (χ1n) is 11.4. The number of sulfonamides is 1. The molecule has 2 atom stereocenters. The highest BCUT2D eigenvalue weighted by molar-refractivity contribution is 8.13. The maximum atomic E-state index is 11.6. The van der Waals surface area contributed by atoms with Crippen LogP contribution < -0.4 is 10.0 Å². The van der Waals surface area contributed by atoms with Crippen molar-refractivity contribution in [1.29, 1.82) is 0 Å². The summed E-state index contributed by atoms with van der Waals surface area (Å²) >= 11 is 1.19. The van der Waals surface area contributed by atoms with Gasteiger partial charge in [0.25, 0.3) is 0 Å². The summed E-state index contributed by atoms with van der Waals surface area (Å²) in [7, 11) is -2.06. The summed E-state index contributed by atoms with van der Waals surface area (Å²) in [5, 5.41) is 3.08. The zero-order valence-corrected chi connectivity index (χ0v) is 22.9. The van der Waals surface area contributed by atoms with E-state index in [0.29, 0.717) is 18.7 Å². The Kier molecular flexibility index (Phi) is 10.3. The summed E-state index contributed by atoms with van der Waals surface area (Å²) in [5.74, 6) is -1.85. The molecule has 0 amide bonds. The molecule has 3 rings (SSSR count). The van der Waals surface area contributed by atoms with Gasteiger partial charge in [-0.3, -0.25) is 4.79 Å². The Bertz CT molecular complexity index is 1040. The molecule has 2 N–H and O–H groups in total. The maximum absolute atomic E-state index is 11.6. The quantitative estimate of drug-likeness (QED) is 0.440. The van der Waals surface area contributed by atoms with Crippen LogP contribution in [0.5, 0.6) is 0 Å². The minimum absolute atomic E-state index is 0.0350. The highest BCUT2D eigenvalue weighted by atomic mass is 32.2. The number of hydrogen-bond donors (Lipinski definition) is 2. The molecule has 13 heteroatoms. The molecule has 2 heterocycles. The smallest absolute Gasteiger partial charge is 0.338 e. The Morgan fingerprint density at radius 3 is 1.94 bits per heavy atom. The van der Waals surface area contributed by atoms with Crippen molar-refractivity contribution in [2.24, 2.45) is 0 Å². The molecule has 0 spiro atoms. The highest BCUT2D eigenvalue weighted by Crippen LogP contribution is 2.27. The number of nitrogens with one attached hydrogen (secondary N) is 2. The van der Waals surface area contributed by atoms with Gasteiger partial charge in [0.15, 0.2) is 17.3 Å². The van der Waals surface area contributed by atoms with Crippen LogP contribution in [-0.4, -0.2) is 68.6 Å². The van der Waals surface area contributed by atoms with Crippen molar-refractivity contribution in [3.8, 4) is 0 Å². The number of carbonyl (C=O) groups is 3. The molecule has 0 aliphatic carbocycles. The fourth-order valence-corrected chi connectivity index (χ4v) is 4.66. The number of benzene rings is 1. The van der Waals surface area contributed by atoms with E-state index in [9.17, 15) is 22.8 Å². The summed E-state index contributed by atoms with van der Waals surface area (Å²) < 4.78 is 46.2. The number of rotatable bonds is 9. The number of ether oxygens (including phenoxy) is 4. The second-order valence-electron chi connectivity index (χ2n) is 8.81. The average molecular weight is 547 g/mol. The lowest BCUT2D eigenvalue weighted by molar-refractivity contribution is -0.162. The normalized spacial score (nSPS) is 22.3. The van der Waals surface area contributed by atoms with Crippen molar-refractivity contribution in [1.82, 2.24) is 4.72 Å². The molecular weight excluding hydrogens is 512 g/mol. The van der Waals surface area contributed by atoms with Crippen molar-refractivity contribution in [3.63, 3.8) is 0 Å². The number of cyclic esters (lactones) is 2. The van der Waals surface area contributed by atoms with E-state index in [2.05, 4.69) is 10.0 Å². The monoisotopic (exact) mass is 546 g/mol. The van der Waals surface area contributed by atoms with Gasteiger partial charge in [0.1, 0.15) is 0 Å². The van der Waals surface area contributed by atoms with Crippen molar-refractivity contribution in [2.75, 3.05) is 24.7 Å². The van der Waals surface area contributed by atoms with E-state index < -0.39 is 39.8 Å². The van der Waals surface area contributed by atoms with Gasteiger partial charge in [-0.15, -0.1) is 0 Å². The van der Waals surface area contributed by atoms with E-state index in [1.54, 1.807) is 39.8 Å². The minimum atomic E-state index is -3.43. The largest absolute Gasteiger partial charge is 0.432 e. The average Bonchev–Trinajstić information content (AvgIpc) is 3.20. The Hall–Kier alpha value is -2.19. The van der Waals surface area contributed by atoms with Crippen molar-refractivity contribution in [3.05, 3.63) is 24.3 Å². The molecule has 2 fully saturated rings. The number of carbonyl (C=O) groups excluding carboxylic acids is 3. The molecule has 2 aliphatic heterocycles. The van der Waals surface area contributed by atoms with Gasteiger partial charge in [0.05, 0.1) is 11.3 Å². The first-order chi connectivity index (χ1) is 16.7. The molecule has 0 radical (unpaired) electrons. The summed E-state index contributed by atoms with van der Waals surface area (Å²) in [4.78, 5) is 34.2. The Labute approximate surface area is 216 Å². The summed E-state index contributed by atoms with van der Waals surface area (Å²) in [6.45, 7) is 9.09. The predicted molar refractivity (Wildman–Crippen MR) is 134 cm³/mol. The van der Waals surface area contributed by atoms with E-state index in [-0.39, 0.29) is 22.4 Å². The van der Waals surface area contributed by atoms with Gasteiger partial charge in [-0.1, -0.05) is 18.7 Å². The third-order valence-corrected chi connectivity index (χ3v) is 7.10. The lowest BCUT2D eigenvalue weighted by Gasteiger charge is -2.15. The fraction of sp³-hybridized carbons (Fsp3) is 0.609. The molecule has 1 aromatic carbocycles. The standard InChI is InChI=1S/C14H20N2O5S.C9H14O4S/c1-14(2)20-12(13(17)21-14)8-9-16-10-4-6-11(7-5-10)22(18,19)15-3;1-4-14-7(10)5-6-8(11)13-9(2,3)12-6/h4-7,12,15-16H,8-9H2,1-3H3;6H,4-5H2,1-3H3/t12-;6-/m11/s1. The van der Waals surface area contributed by atoms with Gasteiger partial charge in [0, 0.05) is 46.3 Å². The summed E-state index contributed by atoms with van der Waals surface area (Å²) in [6.07, 6.45) is -0.734. The topological polar surface area (TPSA) is 146 Å². The molecule has 2 saturated heterocycles. The van der Waals surface area contributed by atoms with Crippen LogP contribution in [0, 0.1) is 0 Å². The van der Waals surface area contributed by atoms with Crippen LogP contribution in [-0.2, 0) is 43.4 Å². The van der Waals surface area contributed by atoms with E-state index >= 15 is 0 Å². The molecule has 2 aliphatic rings. The van der Waals surface area contributed by atoms with Gasteiger partial charge in [-0.05, 0) is 37.1 Å². The van der Waals surface area contributed by atoms with Crippen LogP contribution >= 0.6 is 11.8 Å². The van der Waals surface area contributed by atoms with Gasteiger partial charge in [-0.25, -0.2) is 22.7 Å². The third-order valence-electron chi connectivity index (χ3n) is 4.90. The van der Waals surface area contributed by atoms with E-state index in [0.717, 1.165) is 5.69 Å². The molecule has 0 unspecified atom stereocenters. The van der Waals surface area contributed by atoms with Crippen LogP contribution in [0.25, 0.3) is 0 Å². The minimum Gasteiger partial charge on any atom is -0.432 e. The van der Waals surface area contributed by atoms with Crippen LogP contribution in [0.1, 0.15) is 47.5 Å². The first-order valence-corrected chi connectivity index (χ1v) is 13.9. The lowest BCUT2D eigenvalue weighted by Crippen LogP contribution is -2.23. The SMILES string of the molecule is CCSC(=O)C[C@H]1OC(C)(C)OC1=O.CNS(=O)(=O)c1ccc(NCC[C@H]2OC(C)(C)OC2=O)cc1. The highest BCUT2D eigenvalue weighted by Gasteiger charge is 2.42. The predicted octanol–water partition coefficient (Wildman–Crippen LogP) is 2.41. The number of esters is 2. The van der Waals surface area contributed by atoms with E-state index in [1.807, 2.05) is 6.92 Å². The van der Waals surface area contributed by atoms with Crippen LogP contribution in [0.4, 0.5) is 5.69 Å². The Morgan fingerprint density at radius 1 is 0.972 bits per heavy atom. The van der Waals surface area contributed by atoms with Crippen molar-refractivity contribution < 1.29 is 41.7 Å². The molecule has 36 heavy (non-hydrogen) atoms. The molecule has 1 aromatic rings. The van der Waals surface area contributed by atoms with Gasteiger partial charge < -0.3 is 24.3 Å². The maximum Gasteiger partial charge on any atom is 0.338 e. The molecule has 11 nitrogen and oxygen atoms in total. The second kappa shape index (κ2) is 12.4. The van der Waals surface area contributed by atoms with Crippen LogP contribution in [0.3, 0.4) is 0 Å². The van der Waals surface area contributed by atoms with Crippen molar-refractivity contribution >= 4 is 44.5 Å². The zero-order chi connectivity index (χ0) is 27.1. The van der Waals surface area contributed by atoms with Crippen LogP contribution in [0.2, 0.25) is 0 Å². The molecule has 0 aromatic heterocycles. The molecule has 202 valence electrons. The fourth-order valence-electron chi connectivity index (χ4n) is 3.34. The number of anilines is 1. The Morgan fingerprint density at radius 2 is 1.50 bits per heavy atom. The number of thioether (sulfide) groups is 1. The van der Waals surface area contributed by atoms with Crippen molar-refractivity contribution in [2.45, 2.75) is 76.1 Å². The summed E-state index contributed by atoms with van der Waals surface area (Å²) in [5.41, 5.74) is 0.765. The van der Waals surface area contributed by atoms with E-state index in [4.69, 9.17) is 18.9 Å². The summed E-state index contributed by atoms with van der Waals surface area (Å²) in [6, 6.07) is 6.36. The van der Waals surface area contributed by atoms with Gasteiger partial charge in [-0.2, -0.15) is 0 Å². The van der Waals surface area contributed by atoms with Gasteiger partial charge >= 0.3 is 11.9 Å². The zero-order valence-electron chi connectivity index (χ0n) is 21.3. The number of hydrogen-bond acceptors (Lipinski definition) is 11. The second-order valence-corrected chi connectivity index (χ2v) is 12.0. The van der Waals surface area contributed by atoms with Crippen LogP contribution in [0.15, 0.2) is 29.2 Å². The molecule has 0 saturated carbocycles. The molecule has 0 bridgehead atoms. The van der Waals surface area contributed by atoms with E-state index in [1.165, 1.54) is 30.9 Å². The lowest BCUT2D eigenvalue weighted by atomic mass is 10.2. The Balaban J connectivity index is 0.000000281. The van der Waals surface area contributed by atoms with Gasteiger partial charge in [0.2, 0.25) is 21.6 Å². The first kappa shape index (κ1) is 30.0. The molecular formula is C23H34N2O9S2. The third kappa shape index (κ3) is 9.04.